The summed E-state index contributed by atoms with van der Waals surface area (Å²) >= 11 is 7.17. The number of ether oxygens (including phenoxy) is 5. The van der Waals surface area contributed by atoms with E-state index in [2.05, 4.69) is 0 Å². The summed E-state index contributed by atoms with van der Waals surface area (Å²) in [4.78, 5) is 83.2. The maximum Gasteiger partial charge on any atom is 0.508 e. The minimum absolute atomic E-state index is 0.00543. The number of thiocarbonyl (C=S) groups is 1. The van der Waals surface area contributed by atoms with Crippen LogP contribution in [0.4, 0.5) is 16.2 Å². The van der Waals surface area contributed by atoms with Gasteiger partial charge >= 0.3 is 24.1 Å². The summed E-state index contributed by atoms with van der Waals surface area (Å²) in [6.07, 6.45) is 0.770. The Labute approximate surface area is 331 Å². The molecule has 2 fully saturated rings. The van der Waals surface area contributed by atoms with Crippen LogP contribution in [0.25, 0.3) is 0 Å². The molecule has 298 valence electrons. The Morgan fingerprint density at radius 3 is 1.85 bits per heavy atom. The van der Waals surface area contributed by atoms with E-state index in [0.29, 0.717) is 23.7 Å². The summed E-state index contributed by atoms with van der Waals surface area (Å²) in [7, 11) is 0. The molecule has 0 bridgehead atoms. The molecule has 2 aliphatic rings. The molecule has 0 N–H and O–H groups in total. The predicted octanol–water partition coefficient (Wildman–Crippen LogP) is 5.29. The van der Waals surface area contributed by atoms with Crippen molar-refractivity contribution in [2.24, 2.45) is 11.3 Å². The molecule has 55 heavy (non-hydrogen) atoms. The van der Waals surface area contributed by atoms with E-state index in [0.717, 1.165) is 17.8 Å². The van der Waals surface area contributed by atoms with Crippen molar-refractivity contribution in [2.45, 2.75) is 58.9 Å². The second kappa shape index (κ2) is 21.4. The molecule has 16 heteroatoms. The zero-order chi connectivity index (χ0) is 39.8. The maximum atomic E-state index is 14.2. The van der Waals surface area contributed by atoms with E-state index in [9.17, 15) is 28.8 Å². The van der Waals surface area contributed by atoms with Crippen molar-refractivity contribution >= 4 is 75.6 Å². The lowest BCUT2D eigenvalue weighted by Gasteiger charge is -2.38. The van der Waals surface area contributed by atoms with Gasteiger partial charge in [-0.25, -0.2) is 4.79 Å². The van der Waals surface area contributed by atoms with Gasteiger partial charge in [-0.2, -0.15) is 0 Å². The number of thioether (sulfide) groups is 1. The average Bonchev–Trinajstić information content (AvgIpc) is 3.80. The molecule has 2 unspecified atom stereocenters. The standard InChI is InChI=1S/C39H49N3O11S2/c1-4-49-34(45)33(35(46)50-5-2)30(41-21-13-19-32(41)44)26-39(3,36(47)51-24-25-53-38(48)52-23-22-40-20-12-18-31(40)43)27-55-37(54)42(28-14-8-6-9-15-28)29-16-10-7-11-17-29/h6-11,14-17,30,33H,4-5,12-13,18-27H2,1-3H3. The molecular formula is C39H49N3O11S2. The molecule has 0 spiro atoms. The van der Waals surface area contributed by atoms with Gasteiger partial charge in [0.05, 0.1) is 31.2 Å². The zero-order valence-corrected chi connectivity index (χ0v) is 33.1. The second-order valence-corrected chi connectivity index (χ2v) is 14.7. The lowest BCUT2D eigenvalue weighted by atomic mass is 9.80. The molecule has 2 saturated heterocycles. The molecule has 0 radical (unpaired) electrons. The minimum Gasteiger partial charge on any atom is -0.465 e. The predicted molar refractivity (Wildman–Crippen MR) is 208 cm³/mol. The Kier molecular flexibility index (Phi) is 16.7. The number of esters is 3. The number of anilines is 2. The molecule has 0 aromatic heterocycles. The molecule has 14 nitrogen and oxygen atoms in total. The number of carbonyl (C=O) groups is 6. The van der Waals surface area contributed by atoms with E-state index in [1.165, 1.54) is 16.7 Å². The number of amides is 2. The first-order chi connectivity index (χ1) is 26.5. The summed E-state index contributed by atoms with van der Waals surface area (Å²) in [5.41, 5.74) is 0.106. The number of para-hydroxylation sites is 2. The quantitative estimate of drug-likeness (QED) is 0.0593. The lowest BCUT2D eigenvalue weighted by molar-refractivity contribution is -0.169. The van der Waals surface area contributed by atoms with Crippen molar-refractivity contribution in [1.82, 2.24) is 9.80 Å². The monoisotopic (exact) mass is 799 g/mol. The Morgan fingerprint density at radius 2 is 1.33 bits per heavy atom. The van der Waals surface area contributed by atoms with E-state index in [4.69, 9.17) is 35.9 Å². The highest BCUT2D eigenvalue weighted by atomic mass is 32.2. The zero-order valence-electron chi connectivity index (χ0n) is 31.5. The summed E-state index contributed by atoms with van der Waals surface area (Å²) in [6.45, 7) is 5.20. The van der Waals surface area contributed by atoms with Gasteiger partial charge in [0.25, 0.3) is 0 Å². The fourth-order valence-electron chi connectivity index (χ4n) is 6.42. The Hall–Kier alpha value is -4.70. The number of hydrogen-bond donors (Lipinski definition) is 0. The first kappa shape index (κ1) is 43.0. The highest BCUT2D eigenvalue weighted by molar-refractivity contribution is 8.23. The van der Waals surface area contributed by atoms with E-state index in [-0.39, 0.29) is 76.5 Å². The van der Waals surface area contributed by atoms with Gasteiger partial charge in [-0.3, -0.25) is 28.9 Å². The SMILES string of the molecule is CCOC(=O)C(C(=O)OCC)C(CC(C)(CSC(=S)N(c1ccccc1)c1ccccc1)C(=O)OCCOC(=O)OCCN1CCCC1=O)N1CCCC1=O. The van der Waals surface area contributed by atoms with Gasteiger partial charge in [0, 0.05) is 43.1 Å². The first-order valence-corrected chi connectivity index (χ1v) is 19.8. The number of nitrogens with zero attached hydrogens (tertiary/aromatic N) is 3. The number of carbonyl (C=O) groups excluding carboxylic acids is 6. The number of likely N-dealkylation sites (tertiary alicyclic amines) is 2. The van der Waals surface area contributed by atoms with Crippen LogP contribution in [0.3, 0.4) is 0 Å². The molecule has 2 aliphatic heterocycles. The maximum absolute atomic E-state index is 14.2. The summed E-state index contributed by atoms with van der Waals surface area (Å²) in [5, 5.41) is 0. The molecule has 2 aromatic carbocycles. The fraction of sp³-hybridized carbons (Fsp3) is 0.513. The van der Waals surface area contributed by atoms with E-state index < -0.39 is 41.4 Å². The minimum atomic E-state index is -1.54. The van der Waals surface area contributed by atoms with Crippen LogP contribution in [0, 0.1) is 11.3 Å². The smallest absolute Gasteiger partial charge is 0.465 e. The van der Waals surface area contributed by atoms with Crippen LogP contribution in [-0.4, -0.2) is 114 Å². The van der Waals surface area contributed by atoms with Crippen molar-refractivity contribution in [1.29, 1.82) is 0 Å². The van der Waals surface area contributed by atoms with Gasteiger partial charge in [0.15, 0.2) is 5.92 Å². The second-order valence-electron chi connectivity index (χ2n) is 13.1. The summed E-state index contributed by atoms with van der Waals surface area (Å²) < 4.78 is 26.9. The number of hydrogen-bond acceptors (Lipinski definition) is 13. The third-order valence-corrected chi connectivity index (χ3v) is 10.9. The molecule has 2 heterocycles. The van der Waals surface area contributed by atoms with E-state index >= 15 is 0 Å². The molecule has 4 rings (SSSR count). The van der Waals surface area contributed by atoms with Gasteiger partial charge in [-0.15, -0.1) is 0 Å². The topological polar surface area (TPSA) is 158 Å². The van der Waals surface area contributed by atoms with Gasteiger partial charge < -0.3 is 33.5 Å². The third kappa shape index (κ3) is 12.1. The van der Waals surface area contributed by atoms with E-state index in [1.54, 1.807) is 25.7 Å². The highest BCUT2D eigenvalue weighted by Crippen LogP contribution is 2.38. The molecule has 2 aromatic rings. The van der Waals surface area contributed by atoms with Gasteiger partial charge in [-0.1, -0.05) is 60.4 Å². The molecular weight excluding hydrogens is 751 g/mol. The Balaban J connectivity index is 1.56. The van der Waals surface area contributed by atoms with Crippen LogP contribution in [0.5, 0.6) is 0 Å². The summed E-state index contributed by atoms with van der Waals surface area (Å²) in [6, 6.07) is 17.8. The molecule has 0 saturated carbocycles. The largest absolute Gasteiger partial charge is 0.508 e. The van der Waals surface area contributed by atoms with Crippen molar-refractivity contribution in [3.63, 3.8) is 0 Å². The third-order valence-electron chi connectivity index (χ3n) is 9.14. The highest BCUT2D eigenvalue weighted by Gasteiger charge is 2.49. The van der Waals surface area contributed by atoms with Crippen molar-refractivity contribution < 1.29 is 52.5 Å². The van der Waals surface area contributed by atoms with Crippen LogP contribution in [0.15, 0.2) is 60.7 Å². The van der Waals surface area contributed by atoms with Gasteiger partial charge in [0.1, 0.15) is 24.1 Å². The Morgan fingerprint density at radius 1 is 0.782 bits per heavy atom. The molecule has 2 amide bonds. The van der Waals surface area contributed by atoms with Crippen LogP contribution >= 0.6 is 24.0 Å². The van der Waals surface area contributed by atoms with Crippen LogP contribution in [0.1, 0.15) is 52.9 Å². The summed E-state index contributed by atoms with van der Waals surface area (Å²) in [5.74, 6) is -4.27. The number of benzene rings is 2. The van der Waals surface area contributed by atoms with Gasteiger partial charge in [-0.05, 0) is 64.3 Å². The van der Waals surface area contributed by atoms with Crippen molar-refractivity contribution in [2.75, 3.05) is 63.3 Å². The van der Waals surface area contributed by atoms with Crippen molar-refractivity contribution in [3.05, 3.63) is 60.7 Å². The molecule has 0 aliphatic carbocycles. The average molecular weight is 800 g/mol. The van der Waals surface area contributed by atoms with Crippen LogP contribution < -0.4 is 4.90 Å². The van der Waals surface area contributed by atoms with Gasteiger partial charge in [0.2, 0.25) is 11.8 Å². The molecule has 2 atom stereocenters. The fourth-order valence-corrected chi connectivity index (χ4v) is 7.82. The first-order valence-electron chi connectivity index (χ1n) is 18.4. The normalized spacial score (nSPS) is 15.6. The number of rotatable bonds is 19. The van der Waals surface area contributed by atoms with Crippen LogP contribution in [0.2, 0.25) is 0 Å². The van der Waals surface area contributed by atoms with Crippen molar-refractivity contribution in [3.8, 4) is 0 Å². The Bertz CT molecular complexity index is 1590. The lowest BCUT2D eigenvalue weighted by Crippen LogP contribution is -2.52. The van der Waals surface area contributed by atoms with Crippen LogP contribution in [-0.2, 0) is 47.7 Å². The van der Waals surface area contributed by atoms with E-state index in [1.807, 2.05) is 65.6 Å².